The molecule has 0 aliphatic carbocycles. The lowest BCUT2D eigenvalue weighted by atomic mass is 9.90. The van der Waals surface area contributed by atoms with E-state index in [2.05, 4.69) is 312 Å². The fourth-order valence-electron chi connectivity index (χ4n) is 12.9. The Morgan fingerprint density at radius 2 is 0.622 bits per heavy atom. The highest BCUT2D eigenvalue weighted by atomic mass is 15.0. The van der Waals surface area contributed by atoms with Crippen molar-refractivity contribution in [2.75, 3.05) is 0 Å². The van der Waals surface area contributed by atoms with E-state index in [-0.39, 0.29) is 0 Å². The van der Waals surface area contributed by atoms with E-state index >= 15 is 0 Å². The molecule has 4 heterocycles. The van der Waals surface area contributed by atoms with Gasteiger partial charge in [0.25, 0.3) is 0 Å². The van der Waals surface area contributed by atoms with Gasteiger partial charge in [-0.05, 0) is 90.8 Å². The molecule has 0 fully saturated rings. The molecule has 16 aromatic rings. The van der Waals surface area contributed by atoms with Gasteiger partial charge in [-0.15, -0.1) is 0 Å². The third kappa shape index (κ3) is 7.62. The van der Waals surface area contributed by atoms with Gasteiger partial charge in [0.05, 0.1) is 61.6 Å². The minimum Gasteiger partial charge on any atom is -0.309 e. The summed E-state index contributed by atoms with van der Waals surface area (Å²) >= 11 is 0. The van der Waals surface area contributed by atoms with Gasteiger partial charge in [0.15, 0.2) is 5.82 Å². The SMILES string of the molecule is Cc1cccc(-c2ccc3c(c2)c2ccccc2n3-c2c(-c3ccccc3-n3c4ccccc4c4ccccc43)cc(-c3nc(-c4ccccc4)cc(-c4ccccc4)n3)cc2-c2ccccc2-n2c3ccccc3c3ccccc32)c1. The molecule has 0 unspecified atom stereocenters. The Labute approximate surface area is 474 Å². The van der Waals surface area contributed by atoms with Crippen molar-refractivity contribution in [1.82, 2.24) is 23.7 Å². The van der Waals surface area contributed by atoms with Crippen molar-refractivity contribution in [3.63, 3.8) is 0 Å². The Bertz CT molecular complexity index is 4830. The molecule has 12 aromatic carbocycles. The van der Waals surface area contributed by atoms with E-state index in [0.717, 1.165) is 100 Å². The summed E-state index contributed by atoms with van der Waals surface area (Å²) in [6.45, 7) is 2.17. The van der Waals surface area contributed by atoms with Gasteiger partial charge in [-0.2, -0.15) is 0 Å². The average Bonchev–Trinajstić information content (AvgIpc) is 3.16. The van der Waals surface area contributed by atoms with Crippen LogP contribution in [-0.2, 0) is 0 Å². The van der Waals surface area contributed by atoms with E-state index in [9.17, 15) is 0 Å². The molecule has 5 nitrogen and oxygen atoms in total. The van der Waals surface area contributed by atoms with Crippen LogP contribution in [0.25, 0.3) is 150 Å². The lowest BCUT2D eigenvalue weighted by molar-refractivity contribution is 1.15. The first-order valence-electron chi connectivity index (χ1n) is 28.1. The van der Waals surface area contributed by atoms with E-state index in [1.807, 2.05) is 0 Å². The second-order valence-corrected chi connectivity index (χ2v) is 21.3. The molecule has 0 atom stereocenters. The zero-order valence-electron chi connectivity index (χ0n) is 44.9. The minimum absolute atomic E-state index is 0.628. The number of para-hydroxylation sites is 7. The summed E-state index contributed by atoms with van der Waals surface area (Å²) in [5.41, 5.74) is 22.3. The van der Waals surface area contributed by atoms with Crippen LogP contribution in [0.4, 0.5) is 0 Å². The molecule has 0 amide bonds. The topological polar surface area (TPSA) is 40.6 Å². The molecular formula is C77H51N5. The van der Waals surface area contributed by atoms with E-state index < -0.39 is 0 Å². The first-order valence-corrected chi connectivity index (χ1v) is 28.1. The largest absolute Gasteiger partial charge is 0.309 e. The molecule has 0 aliphatic rings. The number of aryl methyl sites for hydroxylation is 1. The van der Waals surface area contributed by atoms with Crippen molar-refractivity contribution in [3.05, 3.63) is 297 Å². The highest BCUT2D eigenvalue weighted by molar-refractivity contribution is 6.14. The average molecular weight is 1050 g/mol. The molecule has 16 rings (SSSR count). The number of aromatic nitrogens is 5. The van der Waals surface area contributed by atoms with Gasteiger partial charge in [-0.3, -0.25) is 0 Å². The monoisotopic (exact) mass is 1050 g/mol. The first-order chi connectivity index (χ1) is 40.6. The van der Waals surface area contributed by atoms with Crippen molar-refractivity contribution in [2.24, 2.45) is 0 Å². The Morgan fingerprint density at radius 1 is 0.244 bits per heavy atom. The molecule has 0 radical (unpaired) electrons. The van der Waals surface area contributed by atoms with E-state index in [1.165, 1.54) is 49.0 Å². The van der Waals surface area contributed by atoms with Crippen LogP contribution in [0.15, 0.2) is 291 Å². The lowest BCUT2D eigenvalue weighted by Crippen LogP contribution is -2.06. The van der Waals surface area contributed by atoms with Crippen LogP contribution >= 0.6 is 0 Å². The summed E-state index contributed by atoms with van der Waals surface area (Å²) in [5, 5.41) is 7.16. The number of nitrogens with zero attached hydrogens (tertiary/aromatic N) is 5. The van der Waals surface area contributed by atoms with Crippen LogP contribution in [0.2, 0.25) is 0 Å². The Kier molecular flexibility index (Phi) is 11.0. The highest BCUT2D eigenvalue weighted by Gasteiger charge is 2.27. The Hall–Kier alpha value is -10.9. The second-order valence-electron chi connectivity index (χ2n) is 21.3. The van der Waals surface area contributed by atoms with E-state index in [0.29, 0.717) is 5.82 Å². The van der Waals surface area contributed by atoms with Crippen molar-refractivity contribution in [1.29, 1.82) is 0 Å². The highest BCUT2D eigenvalue weighted by Crippen LogP contribution is 2.49. The molecule has 0 aliphatic heterocycles. The van der Waals surface area contributed by atoms with Crippen LogP contribution in [-0.4, -0.2) is 23.7 Å². The summed E-state index contributed by atoms with van der Waals surface area (Å²) in [7, 11) is 0. The molecule has 0 saturated carbocycles. The molecule has 4 aromatic heterocycles. The number of benzene rings is 12. The van der Waals surface area contributed by atoms with Crippen molar-refractivity contribution in [3.8, 4) is 84.3 Å². The van der Waals surface area contributed by atoms with E-state index in [1.54, 1.807) is 0 Å². The molecule has 0 saturated heterocycles. The zero-order valence-corrected chi connectivity index (χ0v) is 44.9. The fraction of sp³-hybridized carbons (Fsp3) is 0.0130. The van der Waals surface area contributed by atoms with Crippen LogP contribution in [0.5, 0.6) is 0 Å². The second kappa shape index (κ2) is 19.2. The molecular weight excluding hydrogens is 995 g/mol. The summed E-state index contributed by atoms with van der Waals surface area (Å²) < 4.78 is 7.46. The minimum atomic E-state index is 0.628. The quantitative estimate of drug-likeness (QED) is 0.145. The van der Waals surface area contributed by atoms with Crippen LogP contribution < -0.4 is 0 Å². The molecule has 0 spiro atoms. The Balaban J connectivity index is 1.09. The summed E-state index contributed by atoms with van der Waals surface area (Å²) in [5.74, 6) is 0.628. The molecule has 384 valence electrons. The standard InChI is InChI=1S/C77H51N5/c1-50-23-22-28-53(45-50)54-43-44-75-63(46-54)60-33-12-21-42-74(60)82(75)76-64(61-34-13-19-40-72(61)80-68-36-15-8-29-56(68)57-30-9-16-37-69(57)80)47-55(77-78-66(51-24-4-2-5-25-51)49-67(79-77)52-26-6-3-7-27-52)48-65(76)62-35-14-20-41-73(62)81-70-38-17-10-31-58(70)59-32-11-18-39-71(59)81/h2-49H,1H3. The molecule has 0 N–H and O–H groups in total. The number of fused-ring (bicyclic) bond motifs is 9. The predicted octanol–water partition coefficient (Wildman–Crippen LogP) is 20.1. The maximum absolute atomic E-state index is 5.59. The number of hydrogen-bond acceptors (Lipinski definition) is 2. The molecule has 82 heavy (non-hydrogen) atoms. The van der Waals surface area contributed by atoms with E-state index in [4.69, 9.17) is 9.97 Å². The van der Waals surface area contributed by atoms with Gasteiger partial charge in [0.1, 0.15) is 0 Å². The van der Waals surface area contributed by atoms with Gasteiger partial charge in [0, 0.05) is 71.3 Å². The fourth-order valence-corrected chi connectivity index (χ4v) is 12.9. The van der Waals surface area contributed by atoms with Gasteiger partial charge in [-0.25, -0.2) is 9.97 Å². The van der Waals surface area contributed by atoms with Crippen LogP contribution in [0.1, 0.15) is 5.56 Å². The normalized spacial score (nSPS) is 11.7. The predicted molar refractivity (Wildman–Crippen MR) is 342 cm³/mol. The first kappa shape index (κ1) is 47.1. The molecule has 0 bridgehead atoms. The van der Waals surface area contributed by atoms with Gasteiger partial charge >= 0.3 is 0 Å². The third-order valence-electron chi connectivity index (χ3n) is 16.5. The van der Waals surface area contributed by atoms with Gasteiger partial charge in [-0.1, -0.05) is 224 Å². The van der Waals surface area contributed by atoms with Crippen LogP contribution in [0.3, 0.4) is 0 Å². The zero-order chi connectivity index (χ0) is 54.3. The van der Waals surface area contributed by atoms with Crippen molar-refractivity contribution < 1.29 is 0 Å². The van der Waals surface area contributed by atoms with Gasteiger partial charge < -0.3 is 13.7 Å². The van der Waals surface area contributed by atoms with Crippen molar-refractivity contribution >= 4 is 65.4 Å². The summed E-state index contributed by atoms with van der Waals surface area (Å²) in [6, 6.07) is 106. The summed E-state index contributed by atoms with van der Waals surface area (Å²) in [4.78, 5) is 11.2. The maximum atomic E-state index is 5.59. The molecule has 5 heteroatoms. The lowest BCUT2D eigenvalue weighted by Gasteiger charge is -2.24. The maximum Gasteiger partial charge on any atom is 0.160 e. The number of rotatable bonds is 9. The summed E-state index contributed by atoms with van der Waals surface area (Å²) in [6.07, 6.45) is 0. The Morgan fingerprint density at radius 3 is 1.10 bits per heavy atom. The third-order valence-corrected chi connectivity index (χ3v) is 16.5. The number of hydrogen-bond donors (Lipinski definition) is 0. The van der Waals surface area contributed by atoms with Crippen molar-refractivity contribution in [2.45, 2.75) is 6.92 Å². The smallest absolute Gasteiger partial charge is 0.160 e. The van der Waals surface area contributed by atoms with Gasteiger partial charge in [0.2, 0.25) is 0 Å². The van der Waals surface area contributed by atoms with Crippen LogP contribution in [0, 0.1) is 6.92 Å².